The molecule has 0 unspecified atom stereocenters. The predicted molar refractivity (Wildman–Crippen MR) is 104 cm³/mol. The molecule has 27 heavy (non-hydrogen) atoms. The summed E-state index contributed by atoms with van der Waals surface area (Å²) in [6.45, 7) is 4.10. The van der Waals surface area contributed by atoms with Gasteiger partial charge in [0.2, 0.25) is 0 Å². The number of hydrogen-bond donors (Lipinski definition) is 1. The van der Waals surface area contributed by atoms with Crippen LogP contribution in [-0.2, 0) is 11.8 Å². The smallest absolute Gasteiger partial charge is 0.338 e. The molecular weight excluding hydrogens is 342 g/mol. The number of carbonyl (C=O) groups excluding carboxylic acids is 2. The molecule has 2 aromatic carbocycles. The van der Waals surface area contributed by atoms with Gasteiger partial charge in [0.05, 0.1) is 17.9 Å². The lowest BCUT2D eigenvalue weighted by Gasteiger charge is -2.05. The number of rotatable bonds is 5. The van der Waals surface area contributed by atoms with E-state index in [0.29, 0.717) is 23.6 Å². The normalized spacial score (nSPS) is 10.5. The first-order chi connectivity index (χ1) is 13.0. The molecule has 1 heterocycles. The van der Waals surface area contributed by atoms with E-state index in [4.69, 9.17) is 4.74 Å². The number of esters is 1. The van der Waals surface area contributed by atoms with Crippen molar-refractivity contribution in [2.45, 2.75) is 13.8 Å². The number of amides is 1. The molecule has 1 amide bonds. The fourth-order valence-corrected chi connectivity index (χ4v) is 2.67. The Morgan fingerprint density at radius 2 is 1.74 bits per heavy atom. The quantitative estimate of drug-likeness (QED) is 0.699. The zero-order valence-electron chi connectivity index (χ0n) is 15.5. The standard InChI is InChI=1S/C21H21N3O3/c1-4-27-21(26)16-9-11-17(12-10-16)22-20(25)18-13-19(24(3)23-18)15-7-5-14(2)6-8-15/h5-13H,4H2,1-3H3,(H,22,25). The summed E-state index contributed by atoms with van der Waals surface area (Å²) in [7, 11) is 1.81. The molecule has 0 fully saturated rings. The monoisotopic (exact) mass is 363 g/mol. The molecule has 3 aromatic rings. The highest BCUT2D eigenvalue weighted by atomic mass is 16.5. The summed E-state index contributed by atoms with van der Waals surface area (Å²) in [5.41, 5.74) is 4.36. The van der Waals surface area contributed by atoms with Gasteiger partial charge in [-0.25, -0.2) is 4.79 Å². The van der Waals surface area contributed by atoms with Crippen LogP contribution in [0.15, 0.2) is 54.6 Å². The van der Waals surface area contributed by atoms with Crippen molar-refractivity contribution in [3.05, 3.63) is 71.4 Å². The summed E-state index contributed by atoms with van der Waals surface area (Å²) in [4.78, 5) is 24.2. The van der Waals surface area contributed by atoms with Crippen LogP contribution >= 0.6 is 0 Å². The first-order valence-electron chi connectivity index (χ1n) is 8.67. The van der Waals surface area contributed by atoms with Gasteiger partial charge in [0.25, 0.3) is 5.91 Å². The Morgan fingerprint density at radius 1 is 1.07 bits per heavy atom. The number of aromatic nitrogens is 2. The number of aryl methyl sites for hydroxylation is 2. The molecule has 1 aromatic heterocycles. The molecule has 0 aliphatic heterocycles. The Kier molecular flexibility index (Phi) is 5.35. The first-order valence-corrected chi connectivity index (χ1v) is 8.67. The number of nitrogens with one attached hydrogen (secondary N) is 1. The molecule has 138 valence electrons. The Morgan fingerprint density at radius 3 is 2.37 bits per heavy atom. The maximum Gasteiger partial charge on any atom is 0.338 e. The van der Waals surface area contributed by atoms with Crippen LogP contribution in [0.3, 0.4) is 0 Å². The molecule has 0 aliphatic rings. The number of ether oxygens (including phenoxy) is 1. The van der Waals surface area contributed by atoms with Crippen molar-refractivity contribution >= 4 is 17.6 Å². The van der Waals surface area contributed by atoms with Crippen molar-refractivity contribution in [1.82, 2.24) is 9.78 Å². The van der Waals surface area contributed by atoms with Gasteiger partial charge in [-0.05, 0) is 49.7 Å². The Labute approximate surface area is 157 Å². The average Bonchev–Trinajstić information content (AvgIpc) is 3.05. The van der Waals surface area contributed by atoms with Gasteiger partial charge in [-0.2, -0.15) is 5.10 Å². The van der Waals surface area contributed by atoms with Crippen LogP contribution in [0, 0.1) is 6.92 Å². The molecule has 0 spiro atoms. The summed E-state index contributed by atoms with van der Waals surface area (Å²) in [5, 5.41) is 7.10. The highest BCUT2D eigenvalue weighted by molar-refractivity contribution is 6.03. The number of benzene rings is 2. The second-order valence-electron chi connectivity index (χ2n) is 6.16. The van der Waals surface area contributed by atoms with E-state index in [1.165, 1.54) is 5.56 Å². The third-order valence-corrected chi connectivity index (χ3v) is 4.11. The lowest BCUT2D eigenvalue weighted by molar-refractivity contribution is 0.0526. The maximum atomic E-state index is 12.5. The minimum absolute atomic E-state index is 0.312. The highest BCUT2D eigenvalue weighted by Crippen LogP contribution is 2.21. The minimum Gasteiger partial charge on any atom is -0.462 e. The zero-order chi connectivity index (χ0) is 19.4. The van der Waals surface area contributed by atoms with E-state index in [1.54, 1.807) is 49.0 Å². The topological polar surface area (TPSA) is 73.2 Å². The lowest BCUT2D eigenvalue weighted by atomic mass is 10.1. The molecule has 6 heteroatoms. The molecule has 0 bridgehead atoms. The van der Waals surface area contributed by atoms with Gasteiger partial charge < -0.3 is 10.1 Å². The molecule has 0 saturated carbocycles. The van der Waals surface area contributed by atoms with Crippen molar-refractivity contribution in [2.75, 3.05) is 11.9 Å². The largest absolute Gasteiger partial charge is 0.462 e. The highest BCUT2D eigenvalue weighted by Gasteiger charge is 2.14. The van der Waals surface area contributed by atoms with E-state index >= 15 is 0 Å². The SMILES string of the molecule is CCOC(=O)c1ccc(NC(=O)c2cc(-c3ccc(C)cc3)n(C)n2)cc1. The average molecular weight is 363 g/mol. The maximum absolute atomic E-state index is 12.5. The first kappa shape index (κ1) is 18.4. The summed E-state index contributed by atoms with van der Waals surface area (Å²) in [6, 6.07) is 16.4. The molecule has 3 rings (SSSR count). The van der Waals surface area contributed by atoms with Crippen molar-refractivity contribution in [3.8, 4) is 11.3 Å². The summed E-state index contributed by atoms with van der Waals surface area (Å²) < 4.78 is 6.63. The van der Waals surface area contributed by atoms with Crippen molar-refractivity contribution in [1.29, 1.82) is 0 Å². The lowest BCUT2D eigenvalue weighted by Crippen LogP contribution is -2.13. The number of nitrogens with zero attached hydrogens (tertiary/aromatic N) is 2. The van der Waals surface area contributed by atoms with E-state index in [1.807, 2.05) is 31.2 Å². The molecule has 6 nitrogen and oxygen atoms in total. The van der Waals surface area contributed by atoms with Gasteiger partial charge in [-0.15, -0.1) is 0 Å². The van der Waals surface area contributed by atoms with Crippen LogP contribution in [0.5, 0.6) is 0 Å². The molecule has 0 aliphatic carbocycles. The minimum atomic E-state index is -0.386. The van der Waals surface area contributed by atoms with Gasteiger partial charge in [0.1, 0.15) is 0 Å². The van der Waals surface area contributed by atoms with E-state index in [-0.39, 0.29) is 11.9 Å². The van der Waals surface area contributed by atoms with Gasteiger partial charge in [-0.1, -0.05) is 29.8 Å². The molecule has 0 atom stereocenters. The zero-order valence-corrected chi connectivity index (χ0v) is 15.5. The van der Waals surface area contributed by atoms with Crippen LogP contribution in [0.2, 0.25) is 0 Å². The van der Waals surface area contributed by atoms with E-state index < -0.39 is 0 Å². The summed E-state index contributed by atoms with van der Waals surface area (Å²) in [6.07, 6.45) is 0. The number of carbonyl (C=O) groups is 2. The van der Waals surface area contributed by atoms with Gasteiger partial charge in [0, 0.05) is 12.7 Å². The Hall–Kier alpha value is -3.41. The van der Waals surface area contributed by atoms with Crippen molar-refractivity contribution < 1.29 is 14.3 Å². The Balaban J connectivity index is 1.74. The van der Waals surface area contributed by atoms with Crippen molar-refractivity contribution in [3.63, 3.8) is 0 Å². The van der Waals surface area contributed by atoms with Crippen molar-refractivity contribution in [2.24, 2.45) is 7.05 Å². The van der Waals surface area contributed by atoms with Gasteiger partial charge in [0.15, 0.2) is 5.69 Å². The fraction of sp³-hybridized carbons (Fsp3) is 0.190. The van der Waals surface area contributed by atoms with E-state index in [0.717, 1.165) is 11.3 Å². The van der Waals surface area contributed by atoms with Crippen LogP contribution in [0.1, 0.15) is 33.3 Å². The predicted octanol–water partition coefficient (Wildman–Crippen LogP) is 3.82. The third kappa shape index (κ3) is 4.23. The van der Waals surface area contributed by atoms with E-state index in [9.17, 15) is 9.59 Å². The molecular formula is C21H21N3O3. The fourth-order valence-electron chi connectivity index (χ4n) is 2.67. The summed E-state index contributed by atoms with van der Waals surface area (Å²) in [5.74, 6) is -0.698. The van der Waals surface area contributed by atoms with Crippen LogP contribution in [0.25, 0.3) is 11.3 Å². The second-order valence-corrected chi connectivity index (χ2v) is 6.16. The number of anilines is 1. The summed E-state index contributed by atoms with van der Waals surface area (Å²) >= 11 is 0. The van der Waals surface area contributed by atoms with Gasteiger partial charge in [-0.3, -0.25) is 9.48 Å². The van der Waals surface area contributed by atoms with Crippen LogP contribution < -0.4 is 5.32 Å². The van der Waals surface area contributed by atoms with Crippen LogP contribution in [-0.4, -0.2) is 28.3 Å². The molecule has 0 radical (unpaired) electrons. The van der Waals surface area contributed by atoms with E-state index in [2.05, 4.69) is 10.4 Å². The molecule has 1 N–H and O–H groups in total. The van der Waals surface area contributed by atoms with Crippen LogP contribution in [0.4, 0.5) is 5.69 Å². The third-order valence-electron chi connectivity index (χ3n) is 4.11. The molecule has 0 saturated heterocycles. The van der Waals surface area contributed by atoms with Gasteiger partial charge >= 0.3 is 5.97 Å². The second kappa shape index (κ2) is 7.86. The Bertz CT molecular complexity index is 957. The number of hydrogen-bond acceptors (Lipinski definition) is 4.